The number of unbranched alkanes of at least 4 members (excludes halogenated alkanes) is 32. The monoisotopic (exact) mass is 1120 g/mol. The molecule has 0 bridgehead atoms. The number of carbonyl (C=O) groups excluding carboxylic acids is 2. The molecule has 0 rings (SSSR count). The third-order valence-corrected chi connectivity index (χ3v) is 14.9. The van der Waals surface area contributed by atoms with Crippen LogP contribution in [0, 0.1) is 0 Å². The summed E-state index contributed by atoms with van der Waals surface area (Å²) in [5, 5.41) is 0. The molecule has 0 aliphatic rings. The molecule has 0 aliphatic carbocycles. The minimum atomic E-state index is -4.40. The van der Waals surface area contributed by atoms with Crippen LogP contribution in [0.15, 0.2) is 97.2 Å². The predicted octanol–water partition coefficient (Wildman–Crippen LogP) is 21.2. The fourth-order valence-electron chi connectivity index (χ4n) is 9.21. The van der Waals surface area contributed by atoms with E-state index in [-0.39, 0.29) is 32.6 Å². The molecule has 0 heterocycles. The quantitative estimate of drug-likeness (QED) is 0.0264. The molecule has 0 saturated heterocycles. The van der Waals surface area contributed by atoms with Crippen molar-refractivity contribution in [3.05, 3.63) is 97.2 Å². The number of nitrogens with two attached hydrogens (primary N) is 1. The van der Waals surface area contributed by atoms with E-state index in [1.165, 1.54) is 148 Å². The number of allylic oxidation sites excluding steroid dienone is 16. The lowest BCUT2D eigenvalue weighted by molar-refractivity contribution is -0.161. The maximum atomic E-state index is 12.7. The number of phosphoric ester groups is 1. The lowest BCUT2D eigenvalue weighted by Gasteiger charge is -2.19. The van der Waals surface area contributed by atoms with Gasteiger partial charge >= 0.3 is 19.8 Å². The highest BCUT2D eigenvalue weighted by molar-refractivity contribution is 7.47. The van der Waals surface area contributed by atoms with E-state index in [1.54, 1.807) is 0 Å². The normalized spacial score (nSPS) is 13.6. The standard InChI is InChI=1S/C69H122NO8P/c1-3-5-7-9-11-13-15-17-19-21-23-24-25-26-27-28-29-30-31-32-33-34-35-36-37-38-39-40-41-42-44-46-48-50-52-54-56-58-60-62-69(72)78-67(66-77-79(73,74)76-64-63-70)65-75-68(71)61-59-57-55-53-51-49-47-45-43-22-20-18-16-14-12-10-8-6-4-2/h5-8,11-14,17-20,23-24,43,45,67H,3-4,9-10,15-16,21-22,25-42,44,46-66,70H2,1-2H3,(H,73,74)/b7-5-,8-6-,13-11-,14-12-,19-17-,20-18-,24-23-,45-43-. The lowest BCUT2D eigenvalue weighted by atomic mass is 10.0. The zero-order valence-corrected chi connectivity index (χ0v) is 52.0. The maximum Gasteiger partial charge on any atom is 0.472 e. The van der Waals surface area contributed by atoms with Crippen molar-refractivity contribution in [3.63, 3.8) is 0 Å². The van der Waals surface area contributed by atoms with E-state index >= 15 is 0 Å². The summed E-state index contributed by atoms with van der Waals surface area (Å²) in [5.74, 6) is -0.837. The Labute approximate surface area is 486 Å². The fraction of sp³-hybridized carbons (Fsp3) is 0.739. The topological polar surface area (TPSA) is 134 Å². The fourth-order valence-corrected chi connectivity index (χ4v) is 9.97. The van der Waals surface area contributed by atoms with Gasteiger partial charge in [0.25, 0.3) is 0 Å². The van der Waals surface area contributed by atoms with Gasteiger partial charge in [0.05, 0.1) is 13.2 Å². The first kappa shape index (κ1) is 75.9. The van der Waals surface area contributed by atoms with Gasteiger partial charge in [0, 0.05) is 19.4 Å². The predicted molar refractivity (Wildman–Crippen MR) is 339 cm³/mol. The van der Waals surface area contributed by atoms with Gasteiger partial charge in [-0.2, -0.15) is 0 Å². The average molecular weight is 1120 g/mol. The summed E-state index contributed by atoms with van der Waals surface area (Å²) < 4.78 is 33.1. The summed E-state index contributed by atoms with van der Waals surface area (Å²) in [6, 6.07) is 0. The van der Waals surface area contributed by atoms with E-state index in [2.05, 4.69) is 111 Å². The summed E-state index contributed by atoms with van der Waals surface area (Å²) in [4.78, 5) is 35.2. The second-order valence-corrected chi connectivity index (χ2v) is 23.0. The van der Waals surface area contributed by atoms with Crippen molar-refractivity contribution in [2.75, 3.05) is 26.4 Å². The number of phosphoric acid groups is 1. The molecule has 0 aromatic heterocycles. The summed E-state index contributed by atoms with van der Waals surface area (Å²) in [6.45, 7) is 3.53. The number of hydrogen-bond donors (Lipinski definition) is 2. The van der Waals surface area contributed by atoms with Crippen LogP contribution in [-0.4, -0.2) is 49.3 Å². The Hall–Kier alpha value is -3.07. The van der Waals surface area contributed by atoms with E-state index in [0.29, 0.717) is 12.8 Å². The molecule has 2 atom stereocenters. The lowest BCUT2D eigenvalue weighted by Crippen LogP contribution is -2.29. The van der Waals surface area contributed by atoms with Crippen LogP contribution in [0.1, 0.15) is 296 Å². The maximum absolute atomic E-state index is 12.7. The highest BCUT2D eigenvalue weighted by atomic mass is 31.2. The van der Waals surface area contributed by atoms with Crippen molar-refractivity contribution in [2.45, 2.75) is 302 Å². The van der Waals surface area contributed by atoms with E-state index in [1.807, 2.05) is 0 Å². The van der Waals surface area contributed by atoms with Crippen LogP contribution in [0.3, 0.4) is 0 Å². The molecule has 3 N–H and O–H groups in total. The van der Waals surface area contributed by atoms with Crippen molar-refractivity contribution >= 4 is 19.8 Å². The van der Waals surface area contributed by atoms with E-state index in [0.717, 1.165) is 109 Å². The largest absolute Gasteiger partial charge is 0.472 e. The van der Waals surface area contributed by atoms with Crippen LogP contribution in [0.2, 0.25) is 0 Å². The van der Waals surface area contributed by atoms with Crippen LogP contribution in [0.4, 0.5) is 0 Å². The Morgan fingerprint density at radius 3 is 0.975 bits per heavy atom. The molecular formula is C69H122NO8P. The Bertz CT molecular complexity index is 1610. The molecule has 0 spiro atoms. The van der Waals surface area contributed by atoms with Gasteiger partial charge in [-0.25, -0.2) is 4.57 Å². The second kappa shape index (κ2) is 64.1. The number of esters is 2. The molecular weight excluding hydrogens is 1000 g/mol. The van der Waals surface area contributed by atoms with Gasteiger partial charge in [0.2, 0.25) is 0 Å². The Balaban J connectivity index is 3.81. The summed E-state index contributed by atoms with van der Waals surface area (Å²) >= 11 is 0. The molecule has 456 valence electrons. The zero-order chi connectivity index (χ0) is 57.3. The summed E-state index contributed by atoms with van der Waals surface area (Å²) in [5.41, 5.74) is 5.39. The highest BCUT2D eigenvalue weighted by Gasteiger charge is 2.26. The van der Waals surface area contributed by atoms with Crippen LogP contribution in [0.25, 0.3) is 0 Å². The molecule has 2 unspecified atom stereocenters. The summed E-state index contributed by atoms with van der Waals surface area (Å²) in [6.07, 6.45) is 86.5. The van der Waals surface area contributed by atoms with Gasteiger partial charge in [-0.15, -0.1) is 0 Å². The third kappa shape index (κ3) is 64.0. The molecule has 9 nitrogen and oxygen atoms in total. The zero-order valence-electron chi connectivity index (χ0n) is 51.1. The highest BCUT2D eigenvalue weighted by Crippen LogP contribution is 2.43. The molecule has 0 aliphatic heterocycles. The smallest absolute Gasteiger partial charge is 0.462 e. The van der Waals surface area contributed by atoms with Crippen molar-refractivity contribution in [1.29, 1.82) is 0 Å². The molecule has 0 amide bonds. The van der Waals surface area contributed by atoms with Crippen molar-refractivity contribution in [3.8, 4) is 0 Å². The molecule has 0 aromatic rings. The first-order chi connectivity index (χ1) is 38.8. The second-order valence-electron chi connectivity index (χ2n) is 21.6. The molecule has 0 radical (unpaired) electrons. The Morgan fingerprint density at radius 2 is 0.658 bits per heavy atom. The molecule has 0 fully saturated rings. The minimum absolute atomic E-state index is 0.0492. The van der Waals surface area contributed by atoms with E-state index in [9.17, 15) is 19.0 Å². The van der Waals surface area contributed by atoms with Gasteiger partial charge in [0.1, 0.15) is 6.61 Å². The molecule has 0 saturated carbocycles. The molecule has 0 aromatic carbocycles. The van der Waals surface area contributed by atoms with Crippen molar-refractivity contribution in [1.82, 2.24) is 0 Å². The van der Waals surface area contributed by atoms with Gasteiger partial charge < -0.3 is 20.1 Å². The van der Waals surface area contributed by atoms with Gasteiger partial charge in [-0.1, -0.05) is 291 Å². The first-order valence-corrected chi connectivity index (χ1v) is 34.2. The minimum Gasteiger partial charge on any atom is -0.462 e. The Morgan fingerprint density at radius 1 is 0.380 bits per heavy atom. The average Bonchev–Trinajstić information content (AvgIpc) is 3.44. The number of rotatable bonds is 61. The van der Waals surface area contributed by atoms with Gasteiger partial charge in [0.15, 0.2) is 6.10 Å². The van der Waals surface area contributed by atoms with Crippen LogP contribution < -0.4 is 5.73 Å². The number of hydrogen-bond acceptors (Lipinski definition) is 8. The molecule has 79 heavy (non-hydrogen) atoms. The van der Waals surface area contributed by atoms with Crippen molar-refractivity contribution in [2.24, 2.45) is 5.73 Å². The van der Waals surface area contributed by atoms with Crippen LogP contribution in [-0.2, 0) is 32.7 Å². The SMILES string of the molecule is CC/C=C\C/C=C\C/C=C\C/C=C\CCCCCCCCCCCCCCCCCCCCCCCCCCCCC(=O)OC(COC(=O)CCCCCCCC/C=C\C/C=C\C/C=C\C/C=C\CC)COP(=O)(O)OCCN. The van der Waals surface area contributed by atoms with E-state index in [4.69, 9.17) is 24.3 Å². The van der Waals surface area contributed by atoms with Crippen molar-refractivity contribution < 1.29 is 37.6 Å². The first-order valence-electron chi connectivity index (χ1n) is 32.7. The number of carbonyl (C=O) groups is 2. The van der Waals surface area contributed by atoms with E-state index < -0.39 is 32.5 Å². The third-order valence-electron chi connectivity index (χ3n) is 14.0. The molecule has 10 heteroatoms. The number of ether oxygens (including phenoxy) is 2. The van der Waals surface area contributed by atoms with Crippen LogP contribution in [0.5, 0.6) is 0 Å². The summed E-state index contributed by atoms with van der Waals surface area (Å²) in [7, 11) is -4.40. The van der Waals surface area contributed by atoms with Gasteiger partial charge in [-0.3, -0.25) is 18.6 Å². The Kier molecular flexibility index (Phi) is 61.6. The van der Waals surface area contributed by atoms with Gasteiger partial charge in [-0.05, 0) is 89.9 Å². The van der Waals surface area contributed by atoms with Crippen LogP contribution >= 0.6 is 7.82 Å².